The fraction of sp³-hybridized carbons (Fsp3) is 0.206. The Hall–Kier alpha value is -5.16. The number of carbonyl (C=O) groups is 1. The van der Waals surface area contributed by atoms with Crippen molar-refractivity contribution in [2.45, 2.75) is 38.9 Å². The average Bonchev–Trinajstić information content (AvgIpc) is 3.42. The molecule has 0 saturated heterocycles. The third kappa shape index (κ3) is 8.27. The van der Waals surface area contributed by atoms with Crippen LogP contribution in [0.15, 0.2) is 104 Å². The van der Waals surface area contributed by atoms with Crippen LogP contribution in [0.2, 0.25) is 0 Å². The molecule has 1 aromatic heterocycles. The number of hydrogen-bond acceptors (Lipinski definition) is 5. The van der Waals surface area contributed by atoms with Gasteiger partial charge in [-0.15, -0.1) is 0 Å². The van der Waals surface area contributed by atoms with Crippen molar-refractivity contribution in [3.05, 3.63) is 136 Å². The van der Waals surface area contributed by atoms with Crippen molar-refractivity contribution in [1.82, 2.24) is 19.8 Å². The summed E-state index contributed by atoms with van der Waals surface area (Å²) < 4.78 is 15.8. The van der Waals surface area contributed by atoms with Crippen molar-refractivity contribution in [3.63, 3.8) is 0 Å². The number of rotatable bonds is 11. The summed E-state index contributed by atoms with van der Waals surface area (Å²) in [7, 11) is 0. The average molecular weight is 625 g/mol. The van der Waals surface area contributed by atoms with E-state index in [0.717, 1.165) is 21.9 Å². The van der Waals surface area contributed by atoms with Gasteiger partial charge in [-0.2, -0.15) is 0 Å². The third-order valence-corrected chi connectivity index (χ3v) is 7.67. The molecule has 0 bridgehead atoms. The second-order valence-electron chi connectivity index (χ2n) is 11.5. The van der Waals surface area contributed by atoms with E-state index in [1.807, 2.05) is 41.5 Å². The van der Waals surface area contributed by atoms with Gasteiger partial charge >= 0.3 is 0 Å². The first-order chi connectivity index (χ1) is 21.6. The largest absolute Gasteiger partial charge is 0.349 e. The van der Waals surface area contributed by atoms with E-state index < -0.39 is 10.5 Å². The molecule has 2 N–H and O–H groups in total. The monoisotopic (exact) mass is 624 g/mol. The standard InChI is InChI=1S/C34H33FN6O3S/c1-34(2,38-32(42)18-30-19-36-23-40(30)20-24-13-15-29(16-14-24)41(43)44)22-39(33(45)37-28-11-6-10-27(35)17-28)21-26-9-5-8-25-7-3-4-12-31(25)26/h3-17,19,23H,18,20-22H2,1-2H3,(H,37,45)(H,38,42). The smallest absolute Gasteiger partial charge is 0.269 e. The highest BCUT2D eigenvalue weighted by Crippen LogP contribution is 2.22. The van der Waals surface area contributed by atoms with Gasteiger partial charge in [-0.3, -0.25) is 14.9 Å². The maximum absolute atomic E-state index is 13.9. The van der Waals surface area contributed by atoms with Crippen molar-refractivity contribution in [2.75, 3.05) is 11.9 Å². The quantitative estimate of drug-likeness (QED) is 0.0986. The lowest BCUT2D eigenvalue weighted by molar-refractivity contribution is -0.384. The summed E-state index contributed by atoms with van der Waals surface area (Å²) >= 11 is 5.83. The summed E-state index contributed by atoms with van der Waals surface area (Å²) in [5.41, 5.74) is 2.46. The SMILES string of the molecule is CC(C)(CN(Cc1cccc2ccccc12)C(=S)Nc1cccc(F)c1)NC(=O)Cc1cncn1Cc1ccc([N+](=O)[O-])cc1. The van der Waals surface area contributed by atoms with Gasteiger partial charge in [0.15, 0.2) is 5.11 Å². The molecule has 0 saturated carbocycles. The molecular formula is C34H33FN6O3S. The zero-order valence-corrected chi connectivity index (χ0v) is 25.8. The summed E-state index contributed by atoms with van der Waals surface area (Å²) in [6, 6.07) is 26.7. The van der Waals surface area contributed by atoms with Crippen molar-refractivity contribution in [2.24, 2.45) is 0 Å². The van der Waals surface area contributed by atoms with Gasteiger partial charge in [0.05, 0.1) is 23.2 Å². The lowest BCUT2D eigenvalue weighted by atomic mass is 10.0. The van der Waals surface area contributed by atoms with Crippen LogP contribution in [0, 0.1) is 15.9 Å². The molecule has 0 unspecified atom stereocenters. The number of benzene rings is 4. The number of thiocarbonyl (C=S) groups is 1. The maximum atomic E-state index is 13.9. The highest BCUT2D eigenvalue weighted by molar-refractivity contribution is 7.80. The first-order valence-corrected chi connectivity index (χ1v) is 14.8. The van der Waals surface area contributed by atoms with E-state index in [9.17, 15) is 19.3 Å². The molecule has 1 heterocycles. The predicted molar refractivity (Wildman–Crippen MR) is 177 cm³/mol. The molecule has 45 heavy (non-hydrogen) atoms. The van der Waals surface area contributed by atoms with Crippen LogP contribution < -0.4 is 10.6 Å². The molecule has 11 heteroatoms. The Morgan fingerprint density at radius 2 is 1.78 bits per heavy atom. The molecule has 0 aliphatic heterocycles. The lowest BCUT2D eigenvalue weighted by Crippen LogP contribution is -2.53. The minimum absolute atomic E-state index is 0.0197. The van der Waals surface area contributed by atoms with E-state index in [4.69, 9.17) is 12.2 Å². The number of halogens is 1. The van der Waals surface area contributed by atoms with E-state index in [2.05, 4.69) is 39.9 Å². The van der Waals surface area contributed by atoms with E-state index in [1.54, 1.807) is 36.8 Å². The van der Waals surface area contributed by atoms with Crippen LogP contribution in [0.25, 0.3) is 10.8 Å². The molecule has 9 nitrogen and oxygen atoms in total. The topological polar surface area (TPSA) is 105 Å². The number of nitrogens with zero attached hydrogens (tertiary/aromatic N) is 4. The zero-order chi connectivity index (χ0) is 32.0. The lowest BCUT2D eigenvalue weighted by Gasteiger charge is -2.35. The number of carbonyl (C=O) groups excluding carboxylic acids is 1. The Morgan fingerprint density at radius 1 is 1.04 bits per heavy atom. The minimum atomic E-state index is -0.710. The normalized spacial score (nSPS) is 11.3. The van der Waals surface area contributed by atoms with E-state index in [-0.39, 0.29) is 23.8 Å². The van der Waals surface area contributed by atoms with Crippen molar-refractivity contribution >= 4 is 45.4 Å². The van der Waals surface area contributed by atoms with Gasteiger partial charge < -0.3 is 20.1 Å². The third-order valence-electron chi connectivity index (χ3n) is 7.31. The molecule has 0 atom stereocenters. The highest BCUT2D eigenvalue weighted by atomic mass is 32.1. The number of anilines is 1. The summed E-state index contributed by atoms with van der Waals surface area (Å²) in [6.45, 7) is 5.11. The van der Waals surface area contributed by atoms with Gasteiger partial charge in [0.2, 0.25) is 5.91 Å². The summed E-state index contributed by atoms with van der Waals surface area (Å²) in [4.78, 5) is 30.1. The van der Waals surface area contributed by atoms with Crippen LogP contribution in [0.3, 0.4) is 0 Å². The van der Waals surface area contributed by atoms with Crippen molar-refractivity contribution in [1.29, 1.82) is 0 Å². The van der Waals surface area contributed by atoms with Gasteiger partial charge in [-0.1, -0.05) is 60.7 Å². The van der Waals surface area contributed by atoms with Crippen LogP contribution in [-0.2, 0) is 24.3 Å². The second-order valence-corrected chi connectivity index (χ2v) is 11.9. The molecule has 0 aliphatic carbocycles. The molecule has 5 rings (SSSR count). The van der Waals surface area contributed by atoms with Gasteiger partial charge in [-0.05, 0) is 66.2 Å². The van der Waals surface area contributed by atoms with Gasteiger partial charge in [-0.25, -0.2) is 9.37 Å². The Bertz CT molecular complexity index is 1830. The molecule has 1 amide bonds. The molecule has 5 aromatic rings. The molecule has 0 fully saturated rings. The van der Waals surface area contributed by atoms with E-state index in [1.165, 1.54) is 24.3 Å². The molecule has 0 aliphatic rings. The molecule has 0 radical (unpaired) electrons. The van der Waals surface area contributed by atoms with Gasteiger partial charge in [0.25, 0.3) is 5.69 Å². The summed E-state index contributed by atoms with van der Waals surface area (Å²) in [5, 5.41) is 19.9. The predicted octanol–water partition coefficient (Wildman–Crippen LogP) is 6.47. The number of fused-ring (bicyclic) bond motifs is 1. The zero-order valence-electron chi connectivity index (χ0n) is 24.9. The van der Waals surface area contributed by atoms with E-state index >= 15 is 0 Å². The highest BCUT2D eigenvalue weighted by Gasteiger charge is 2.26. The first kappa shape index (κ1) is 31.3. The Morgan fingerprint density at radius 3 is 2.53 bits per heavy atom. The fourth-order valence-electron chi connectivity index (χ4n) is 5.26. The van der Waals surface area contributed by atoms with Crippen LogP contribution in [-0.4, -0.2) is 42.5 Å². The number of non-ortho nitro benzene ring substituents is 1. The maximum Gasteiger partial charge on any atom is 0.269 e. The number of hydrogen-bond donors (Lipinski definition) is 2. The molecule has 230 valence electrons. The van der Waals surface area contributed by atoms with Gasteiger partial charge in [0, 0.05) is 49.3 Å². The second kappa shape index (κ2) is 13.6. The van der Waals surface area contributed by atoms with Crippen molar-refractivity contribution < 1.29 is 14.1 Å². The Kier molecular flexibility index (Phi) is 9.48. The van der Waals surface area contributed by atoms with Crippen LogP contribution in [0.5, 0.6) is 0 Å². The van der Waals surface area contributed by atoms with Crippen LogP contribution in [0.4, 0.5) is 15.8 Å². The Labute approximate surface area is 265 Å². The number of nitro groups is 1. The number of nitrogens with one attached hydrogen (secondary N) is 2. The number of nitro benzene ring substituents is 1. The summed E-state index contributed by atoms with van der Waals surface area (Å²) in [5.74, 6) is -0.566. The number of imidazole rings is 1. The minimum Gasteiger partial charge on any atom is -0.349 e. The Balaban J connectivity index is 1.30. The summed E-state index contributed by atoms with van der Waals surface area (Å²) in [6.07, 6.45) is 3.37. The van der Waals surface area contributed by atoms with Crippen LogP contribution in [0.1, 0.15) is 30.7 Å². The number of amides is 1. The van der Waals surface area contributed by atoms with Crippen molar-refractivity contribution in [3.8, 4) is 0 Å². The fourth-order valence-corrected chi connectivity index (χ4v) is 5.51. The van der Waals surface area contributed by atoms with Crippen LogP contribution >= 0.6 is 12.2 Å². The molecular weight excluding hydrogens is 591 g/mol. The molecule has 4 aromatic carbocycles. The van der Waals surface area contributed by atoms with E-state index in [0.29, 0.717) is 36.1 Å². The first-order valence-electron chi connectivity index (χ1n) is 14.4. The van der Waals surface area contributed by atoms with Gasteiger partial charge in [0.1, 0.15) is 5.82 Å². The number of aromatic nitrogens is 2. The molecule has 0 spiro atoms.